The molecule has 144 valence electrons. The van der Waals surface area contributed by atoms with Gasteiger partial charge in [-0.1, -0.05) is 0 Å². The molecule has 1 fully saturated rings. The van der Waals surface area contributed by atoms with Gasteiger partial charge in [0.2, 0.25) is 5.91 Å². The maximum Gasteiger partial charge on any atom is 0.241 e. The van der Waals surface area contributed by atoms with Crippen LogP contribution in [0.5, 0.6) is 5.75 Å². The molecule has 1 N–H and O–H groups in total. The second-order valence-electron chi connectivity index (χ2n) is 6.48. The molecule has 0 spiro atoms. The third-order valence-corrected chi connectivity index (χ3v) is 5.18. The third kappa shape index (κ3) is 5.20. The minimum absolute atomic E-state index is 0.00868. The summed E-state index contributed by atoms with van der Waals surface area (Å²) in [6, 6.07) is 11.3. The van der Waals surface area contributed by atoms with Gasteiger partial charge in [0.15, 0.2) is 0 Å². The van der Waals surface area contributed by atoms with Crippen molar-refractivity contribution in [2.75, 3.05) is 43.0 Å². The average molecular weight is 433 g/mol. The fourth-order valence-corrected chi connectivity index (χ4v) is 3.34. The quantitative estimate of drug-likeness (QED) is 0.757. The summed E-state index contributed by atoms with van der Waals surface area (Å²) in [6.45, 7) is 7.90. The number of amides is 1. The lowest BCUT2D eigenvalue weighted by atomic mass is 10.2. The van der Waals surface area contributed by atoms with Gasteiger partial charge in [-0.15, -0.1) is 0 Å². The van der Waals surface area contributed by atoms with Gasteiger partial charge in [-0.2, -0.15) is 0 Å². The van der Waals surface area contributed by atoms with E-state index in [1.807, 2.05) is 56.4 Å². The Morgan fingerprint density at radius 2 is 1.89 bits per heavy atom. The first-order valence-electron chi connectivity index (χ1n) is 9.21. The van der Waals surface area contributed by atoms with Crippen molar-refractivity contribution in [3.8, 4) is 5.75 Å². The van der Waals surface area contributed by atoms with Crippen LogP contribution in [0.25, 0.3) is 0 Å². The average Bonchev–Trinajstić information content (AvgIpc) is 2.70. The molecule has 0 bridgehead atoms. The first-order chi connectivity index (χ1) is 13.1. The lowest BCUT2D eigenvalue weighted by Crippen LogP contribution is -2.53. The van der Waals surface area contributed by atoms with E-state index in [1.54, 1.807) is 0 Å². The number of pyridine rings is 1. The second-order valence-corrected chi connectivity index (χ2v) is 7.40. The van der Waals surface area contributed by atoms with E-state index in [1.165, 1.54) is 0 Å². The summed E-state index contributed by atoms with van der Waals surface area (Å²) >= 11 is 3.41. The Balaban J connectivity index is 1.51. The Kier molecular flexibility index (Phi) is 6.68. The number of nitrogens with zero attached hydrogens (tertiary/aromatic N) is 3. The number of halogens is 1. The maximum atomic E-state index is 12.6. The van der Waals surface area contributed by atoms with Crippen LogP contribution in [0.4, 0.5) is 11.5 Å². The van der Waals surface area contributed by atoms with E-state index >= 15 is 0 Å². The van der Waals surface area contributed by atoms with Crippen molar-refractivity contribution in [2.45, 2.75) is 19.9 Å². The van der Waals surface area contributed by atoms with Crippen LogP contribution in [-0.4, -0.2) is 54.6 Å². The van der Waals surface area contributed by atoms with Gasteiger partial charge in [0.05, 0.1) is 12.6 Å². The number of hydrogen-bond donors (Lipinski definition) is 1. The molecule has 7 heteroatoms. The molecule has 0 aliphatic carbocycles. The third-order valence-electron chi connectivity index (χ3n) is 4.71. The molecule has 1 atom stereocenters. The molecule has 3 rings (SSSR count). The van der Waals surface area contributed by atoms with Gasteiger partial charge >= 0.3 is 0 Å². The largest absolute Gasteiger partial charge is 0.494 e. The van der Waals surface area contributed by atoms with Crippen LogP contribution in [0.1, 0.15) is 13.8 Å². The van der Waals surface area contributed by atoms with Gasteiger partial charge in [0.25, 0.3) is 0 Å². The molecule has 6 nitrogen and oxygen atoms in total. The minimum Gasteiger partial charge on any atom is -0.494 e. The molecule has 0 radical (unpaired) electrons. The summed E-state index contributed by atoms with van der Waals surface area (Å²) in [6.07, 6.45) is 1.81. The van der Waals surface area contributed by atoms with Crippen molar-refractivity contribution >= 4 is 33.3 Å². The monoisotopic (exact) mass is 432 g/mol. The van der Waals surface area contributed by atoms with Crippen molar-refractivity contribution in [1.82, 2.24) is 9.88 Å². The van der Waals surface area contributed by atoms with Crippen molar-refractivity contribution < 1.29 is 9.53 Å². The van der Waals surface area contributed by atoms with Gasteiger partial charge in [0, 0.05) is 42.5 Å². The summed E-state index contributed by atoms with van der Waals surface area (Å²) in [5, 5.41) is 2.99. The predicted molar refractivity (Wildman–Crippen MR) is 111 cm³/mol. The molecule has 2 aromatic rings. The van der Waals surface area contributed by atoms with Crippen LogP contribution >= 0.6 is 15.9 Å². The Hall–Kier alpha value is -2.12. The molecule has 27 heavy (non-hydrogen) atoms. The number of aromatic nitrogens is 1. The molecule has 1 aliphatic rings. The van der Waals surface area contributed by atoms with Crippen molar-refractivity contribution in [3.05, 3.63) is 47.1 Å². The molecule has 1 amide bonds. The molecule has 1 saturated heterocycles. The summed E-state index contributed by atoms with van der Waals surface area (Å²) < 4.78 is 6.40. The molecule has 1 unspecified atom stereocenters. The molecular weight excluding hydrogens is 408 g/mol. The second kappa shape index (κ2) is 9.19. The SMILES string of the molecule is CCOc1ccc(NC(=O)C(C)N2CCN(c3ccc(Br)cn3)CC2)cc1. The molecule has 0 saturated carbocycles. The summed E-state index contributed by atoms with van der Waals surface area (Å²) in [5.74, 6) is 1.79. The highest BCUT2D eigenvalue weighted by Crippen LogP contribution is 2.19. The minimum atomic E-state index is -0.184. The number of carbonyl (C=O) groups is 1. The predicted octanol–water partition coefficient (Wildman–Crippen LogP) is 3.39. The van der Waals surface area contributed by atoms with E-state index < -0.39 is 0 Å². The van der Waals surface area contributed by atoms with Crippen LogP contribution in [0.2, 0.25) is 0 Å². The number of nitrogens with one attached hydrogen (secondary N) is 1. The number of rotatable bonds is 6. The van der Waals surface area contributed by atoms with Gasteiger partial charge in [-0.05, 0) is 66.2 Å². The topological polar surface area (TPSA) is 57.7 Å². The van der Waals surface area contributed by atoms with Gasteiger partial charge in [0.1, 0.15) is 11.6 Å². The van der Waals surface area contributed by atoms with Crippen LogP contribution in [-0.2, 0) is 4.79 Å². The first kappa shape index (κ1) is 19.6. The fourth-order valence-electron chi connectivity index (χ4n) is 3.11. The first-order valence-corrected chi connectivity index (χ1v) is 10.0. The zero-order chi connectivity index (χ0) is 19.2. The summed E-state index contributed by atoms with van der Waals surface area (Å²) in [7, 11) is 0. The molecule has 1 aromatic heterocycles. The highest BCUT2D eigenvalue weighted by atomic mass is 79.9. The zero-order valence-corrected chi connectivity index (χ0v) is 17.3. The van der Waals surface area contributed by atoms with Crippen LogP contribution in [0, 0.1) is 0 Å². The Morgan fingerprint density at radius 3 is 2.48 bits per heavy atom. The number of piperazine rings is 1. The number of ether oxygens (including phenoxy) is 1. The maximum absolute atomic E-state index is 12.6. The van der Waals surface area contributed by atoms with Crippen LogP contribution in [0.15, 0.2) is 47.1 Å². The van der Waals surface area contributed by atoms with Crippen molar-refractivity contribution in [3.63, 3.8) is 0 Å². The molecular formula is C20H25BrN4O2. The Morgan fingerprint density at radius 1 is 1.19 bits per heavy atom. The van der Waals surface area contributed by atoms with E-state index in [2.05, 4.69) is 36.0 Å². The van der Waals surface area contributed by atoms with Crippen LogP contribution < -0.4 is 15.0 Å². The Bertz CT molecular complexity index is 744. The number of anilines is 2. The normalized spacial score (nSPS) is 16.0. The van der Waals surface area contributed by atoms with Crippen molar-refractivity contribution in [2.24, 2.45) is 0 Å². The van der Waals surface area contributed by atoms with E-state index in [0.717, 1.165) is 47.9 Å². The number of benzene rings is 1. The van der Waals surface area contributed by atoms with Crippen molar-refractivity contribution in [1.29, 1.82) is 0 Å². The highest BCUT2D eigenvalue weighted by Gasteiger charge is 2.26. The summed E-state index contributed by atoms with van der Waals surface area (Å²) in [5.41, 5.74) is 0.785. The van der Waals surface area contributed by atoms with Gasteiger partial charge in [-0.3, -0.25) is 9.69 Å². The molecule has 1 aromatic carbocycles. The lowest BCUT2D eigenvalue weighted by molar-refractivity contribution is -0.120. The van der Waals surface area contributed by atoms with E-state index in [9.17, 15) is 4.79 Å². The number of hydrogen-bond acceptors (Lipinski definition) is 5. The molecule has 1 aliphatic heterocycles. The zero-order valence-electron chi connectivity index (χ0n) is 15.7. The van der Waals surface area contributed by atoms with E-state index in [0.29, 0.717) is 6.61 Å². The Labute approximate surface area is 168 Å². The standard InChI is InChI=1S/C20H25BrN4O2/c1-3-27-18-7-5-17(6-8-18)23-20(26)15(2)24-10-12-25(13-11-24)19-9-4-16(21)14-22-19/h4-9,14-15H,3,10-13H2,1-2H3,(H,23,26). The number of carbonyl (C=O) groups excluding carboxylic acids is 1. The smallest absolute Gasteiger partial charge is 0.241 e. The van der Waals surface area contributed by atoms with Gasteiger partial charge in [-0.25, -0.2) is 4.98 Å². The summed E-state index contributed by atoms with van der Waals surface area (Å²) in [4.78, 5) is 21.5. The molecule has 2 heterocycles. The fraction of sp³-hybridized carbons (Fsp3) is 0.400. The lowest BCUT2D eigenvalue weighted by Gasteiger charge is -2.38. The van der Waals surface area contributed by atoms with Crippen LogP contribution in [0.3, 0.4) is 0 Å². The van der Waals surface area contributed by atoms with Gasteiger partial charge < -0.3 is 15.0 Å². The van der Waals surface area contributed by atoms with E-state index in [-0.39, 0.29) is 11.9 Å². The van der Waals surface area contributed by atoms with E-state index in [4.69, 9.17) is 4.74 Å². The highest BCUT2D eigenvalue weighted by molar-refractivity contribution is 9.10.